The number of piperidine rings is 2. The summed E-state index contributed by atoms with van der Waals surface area (Å²) < 4.78 is 17.5. The molecule has 0 aliphatic carbocycles. The van der Waals surface area contributed by atoms with E-state index in [0.717, 1.165) is 50.5 Å². The maximum atomic E-state index is 15.3. The maximum absolute atomic E-state index is 15.3. The topological polar surface area (TPSA) is 69.6 Å². The molecule has 0 unspecified atom stereocenters. The Labute approximate surface area is 181 Å². The predicted molar refractivity (Wildman–Crippen MR) is 118 cm³/mol. The van der Waals surface area contributed by atoms with Gasteiger partial charge < -0.3 is 14.8 Å². The van der Waals surface area contributed by atoms with Crippen molar-refractivity contribution in [2.75, 3.05) is 44.2 Å². The van der Waals surface area contributed by atoms with Crippen LogP contribution in [-0.2, 0) is 4.79 Å². The molecular weight excluding hydrogens is 397 g/mol. The second-order valence-corrected chi connectivity index (χ2v) is 9.03. The number of imide groups is 1. The van der Waals surface area contributed by atoms with E-state index in [-0.39, 0.29) is 24.6 Å². The molecule has 3 aliphatic rings. The van der Waals surface area contributed by atoms with Crippen molar-refractivity contribution in [1.82, 2.24) is 20.1 Å². The van der Waals surface area contributed by atoms with Gasteiger partial charge in [0, 0.05) is 50.2 Å². The van der Waals surface area contributed by atoms with E-state index in [9.17, 15) is 9.59 Å². The summed E-state index contributed by atoms with van der Waals surface area (Å²) in [6.07, 6.45) is 6.83. The lowest BCUT2D eigenvalue weighted by molar-refractivity contribution is -0.120. The molecule has 0 bridgehead atoms. The first-order valence-corrected chi connectivity index (χ1v) is 11.4. The Morgan fingerprint density at radius 1 is 1.00 bits per heavy atom. The molecule has 1 aromatic heterocycles. The van der Waals surface area contributed by atoms with Gasteiger partial charge >= 0.3 is 6.03 Å². The van der Waals surface area contributed by atoms with Gasteiger partial charge in [0.2, 0.25) is 5.91 Å². The highest BCUT2D eigenvalue weighted by Crippen LogP contribution is 2.33. The molecular formula is C23H30FN5O2. The van der Waals surface area contributed by atoms with Gasteiger partial charge in [-0.1, -0.05) is 0 Å². The van der Waals surface area contributed by atoms with E-state index in [2.05, 4.69) is 20.1 Å². The predicted octanol–water partition coefficient (Wildman–Crippen LogP) is 2.86. The smallest absolute Gasteiger partial charge is 0.328 e. The zero-order valence-electron chi connectivity index (χ0n) is 17.8. The van der Waals surface area contributed by atoms with Crippen LogP contribution < -0.4 is 15.5 Å². The summed E-state index contributed by atoms with van der Waals surface area (Å²) in [6, 6.07) is 5.18. The standard InChI is InChI=1S/C23H30FN5O2/c24-22-18-7-13-28(17-5-11-27(12-6-17)15-16-3-9-25-10-4-16)19(18)1-2-20(22)29-14-8-21(30)26-23(29)31/h1-2,7,13,16-17,25H,3-6,8-12,14-15H2,(H,26,30,31). The first-order chi connectivity index (χ1) is 15.1. The molecule has 8 heteroatoms. The average Bonchev–Trinajstić information content (AvgIpc) is 3.21. The molecule has 0 atom stereocenters. The minimum absolute atomic E-state index is 0.181. The van der Waals surface area contributed by atoms with Crippen molar-refractivity contribution in [3.05, 3.63) is 30.2 Å². The van der Waals surface area contributed by atoms with Crippen molar-refractivity contribution in [2.24, 2.45) is 5.92 Å². The van der Waals surface area contributed by atoms with Gasteiger partial charge in [-0.3, -0.25) is 15.0 Å². The van der Waals surface area contributed by atoms with Crippen molar-refractivity contribution in [3.8, 4) is 0 Å². The average molecular weight is 428 g/mol. The van der Waals surface area contributed by atoms with E-state index in [1.807, 2.05) is 18.3 Å². The first kappa shape index (κ1) is 20.5. The van der Waals surface area contributed by atoms with Crippen LogP contribution in [0.4, 0.5) is 14.9 Å². The number of carbonyl (C=O) groups excluding carboxylic acids is 2. The zero-order chi connectivity index (χ0) is 21.4. The Hall–Kier alpha value is -2.45. The summed E-state index contributed by atoms with van der Waals surface area (Å²) in [5.74, 6) is 0.0875. The lowest BCUT2D eigenvalue weighted by Gasteiger charge is -2.36. The Morgan fingerprint density at radius 3 is 2.52 bits per heavy atom. The maximum Gasteiger partial charge on any atom is 0.328 e. The van der Waals surface area contributed by atoms with Gasteiger partial charge in [0.15, 0.2) is 5.82 Å². The molecule has 2 aromatic rings. The van der Waals surface area contributed by atoms with Crippen molar-refractivity contribution in [1.29, 1.82) is 0 Å². The highest BCUT2D eigenvalue weighted by Gasteiger charge is 2.28. The number of carbonyl (C=O) groups is 2. The highest BCUT2D eigenvalue weighted by atomic mass is 19.1. The summed E-state index contributed by atoms with van der Waals surface area (Å²) in [5.41, 5.74) is 1.10. The molecule has 0 saturated carbocycles. The summed E-state index contributed by atoms with van der Waals surface area (Å²) in [5, 5.41) is 6.22. The number of nitrogens with one attached hydrogen (secondary N) is 2. The van der Waals surface area contributed by atoms with Crippen LogP contribution in [0.25, 0.3) is 10.9 Å². The second-order valence-electron chi connectivity index (χ2n) is 9.03. The van der Waals surface area contributed by atoms with Crippen molar-refractivity contribution in [2.45, 2.75) is 38.1 Å². The molecule has 166 valence electrons. The number of benzene rings is 1. The summed E-state index contributed by atoms with van der Waals surface area (Å²) >= 11 is 0. The third kappa shape index (κ3) is 4.06. The number of amides is 3. The monoisotopic (exact) mass is 427 g/mol. The van der Waals surface area contributed by atoms with Crippen LogP contribution >= 0.6 is 0 Å². The largest absolute Gasteiger partial charge is 0.344 e. The van der Waals surface area contributed by atoms with Gasteiger partial charge in [-0.25, -0.2) is 9.18 Å². The van der Waals surface area contributed by atoms with Crippen molar-refractivity contribution >= 4 is 28.5 Å². The number of fused-ring (bicyclic) bond motifs is 1. The quantitative estimate of drug-likeness (QED) is 0.787. The van der Waals surface area contributed by atoms with Gasteiger partial charge in [0.1, 0.15) is 0 Å². The van der Waals surface area contributed by atoms with Gasteiger partial charge in [0.25, 0.3) is 0 Å². The Kier molecular flexibility index (Phi) is 5.67. The summed E-state index contributed by atoms with van der Waals surface area (Å²) in [4.78, 5) is 27.4. The van der Waals surface area contributed by atoms with Crippen LogP contribution in [0.1, 0.15) is 38.1 Å². The molecule has 3 aliphatic heterocycles. The summed E-state index contributed by atoms with van der Waals surface area (Å²) in [6.45, 7) is 5.83. The zero-order valence-corrected chi connectivity index (χ0v) is 17.8. The number of urea groups is 1. The number of anilines is 1. The fourth-order valence-electron chi connectivity index (χ4n) is 5.32. The van der Waals surface area contributed by atoms with Crippen LogP contribution in [0.2, 0.25) is 0 Å². The molecule has 7 nitrogen and oxygen atoms in total. The number of rotatable bonds is 4. The molecule has 0 radical (unpaired) electrons. The van der Waals surface area contributed by atoms with Gasteiger partial charge in [-0.05, 0) is 62.9 Å². The van der Waals surface area contributed by atoms with E-state index in [0.29, 0.717) is 11.4 Å². The number of hydrogen-bond acceptors (Lipinski definition) is 4. The third-order valence-corrected chi connectivity index (χ3v) is 7.09. The van der Waals surface area contributed by atoms with E-state index in [1.165, 1.54) is 24.3 Å². The molecule has 31 heavy (non-hydrogen) atoms. The summed E-state index contributed by atoms with van der Waals surface area (Å²) in [7, 11) is 0. The van der Waals surface area contributed by atoms with Crippen LogP contribution in [0.5, 0.6) is 0 Å². The van der Waals surface area contributed by atoms with Crippen LogP contribution in [0.3, 0.4) is 0 Å². The minimum atomic E-state index is -0.560. The SMILES string of the molecule is O=C1CCN(c2ccc3c(ccn3C3CCN(CC4CCNCC4)CC3)c2F)C(=O)N1. The molecule has 3 amide bonds. The van der Waals surface area contributed by atoms with E-state index < -0.39 is 11.8 Å². The fourth-order valence-corrected chi connectivity index (χ4v) is 5.32. The highest BCUT2D eigenvalue weighted by molar-refractivity contribution is 6.06. The molecule has 5 rings (SSSR count). The molecule has 3 fully saturated rings. The van der Waals surface area contributed by atoms with Gasteiger partial charge in [-0.15, -0.1) is 0 Å². The molecule has 1 aromatic carbocycles. The Bertz CT molecular complexity index is 976. The number of likely N-dealkylation sites (tertiary alicyclic amines) is 1. The number of halogens is 1. The molecule has 4 heterocycles. The normalized spacial score (nSPS) is 22.3. The van der Waals surface area contributed by atoms with E-state index >= 15 is 4.39 Å². The van der Waals surface area contributed by atoms with E-state index in [4.69, 9.17) is 0 Å². The fraction of sp³-hybridized carbons (Fsp3) is 0.565. The Balaban J connectivity index is 1.29. The minimum Gasteiger partial charge on any atom is -0.344 e. The number of aromatic nitrogens is 1. The van der Waals surface area contributed by atoms with Gasteiger partial charge in [0.05, 0.1) is 11.2 Å². The van der Waals surface area contributed by atoms with Gasteiger partial charge in [-0.2, -0.15) is 0 Å². The van der Waals surface area contributed by atoms with Crippen molar-refractivity contribution < 1.29 is 14.0 Å². The van der Waals surface area contributed by atoms with Crippen LogP contribution in [0.15, 0.2) is 24.4 Å². The van der Waals surface area contributed by atoms with Crippen LogP contribution in [0, 0.1) is 11.7 Å². The lowest BCUT2D eigenvalue weighted by atomic mass is 9.96. The first-order valence-electron chi connectivity index (χ1n) is 11.4. The van der Waals surface area contributed by atoms with E-state index in [1.54, 1.807) is 6.07 Å². The van der Waals surface area contributed by atoms with Crippen LogP contribution in [-0.4, -0.2) is 60.7 Å². The molecule has 3 saturated heterocycles. The van der Waals surface area contributed by atoms with Crippen molar-refractivity contribution in [3.63, 3.8) is 0 Å². The molecule has 2 N–H and O–H groups in total. The molecule has 0 spiro atoms. The third-order valence-electron chi connectivity index (χ3n) is 7.09. The number of hydrogen-bond donors (Lipinski definition) is 2. The lowest BCUT2D eigenvalue weighted by Crippen LogP contribution is -2.49. The second kappa shape index (κ2) is 8.59. The Morgan fingerprint density at radius 2 is 1.77 bits per heavy atom. The number of nitrogens with zero attached hydrogens (tertiary/aromatic N) is 3.